The van der Waals surface area contributed by atoms with E-state index in [1.807, 2.05) is 0 Å². The predicted octanol–water partition coefficient (Wildman–Crippen LogP) is 4.50. The third-order valence-corrected chi connectivity index (χ3v) is 3.32. The predicted molar refractivity (Wildman–Crippen MR) is 78.6 cm³/mol. The number of hydrogen-bond acceptors (Lipinski definition) is 0. The molecule has 1 aromatic heterocycles. The van der Waals surface area contributed by atoms with Crippen molar-refractivity contribution in [2.75, 3.05) is 0 Å². The molecule has 0 spiro atoms. The molecule has 0 aliphatic heterocycles. The monoisotopic (exact) mass is 239 g/mol. The van der Waals surface area contributed by atoms with Gasteiger partial charge in [-0.3, -0.25) is 0 Å². The van der Waals surface area contributed by atoms with E-state index in [2.05, 4.69) is 60.7 Å². The third kappa shape index (κ3) is 2.96. The van der Waals surface area contributed by atoms with Crippen LogP contribution in [0, 0.1) is 11.8 Å². The Hall–Kier alpha value is -1.68. The van der Waals surface area contributed by atoms with E-state index in [1.165, 1.54) is 36.6 Å². The van der Waals surface area contributed by atoms with Gasteiger partial charge in [-0.1, -0.05) is 50.3 Å². The lowest BCUT2D eigenvalue weighted by atomic mass is 10.1. The van der Waals surface area contributed by atoms with Gasteiger partial charge in [0.15, 0.2) is 0 Å². The summed E-state index contributed by atoms with van der Waals surface area (Å²) in [5.74, 6) is 6.58. The summed E-state index contributed by atoms with van der Waals surface area (Å²) >= 11 is 0. The lowest BCUT2D eigenvalue weighted by molar-refractivity contribution is 0.679. The molecular weight excluding hydrogens is 218 g/mol. The van der Waals surface area contributed by atoms with Crippen molar-refractivity contribution >= 4 is 10.9 Å². The van der Waals surface area contributed by atoms with E-state index >= 15 is 0 Å². The molecule has 0 unspecified atom stereocenters. The lowest BCUT2D eigenvalue weighted by Gasteiger charge is -1.96. The summed E-state index contributed by atoms with van der Waals surface area (Å²) in [6.45, 7) is 2.24. The van der Waals surface area contributed by atoms with Crippen LogP contribution < -0.4 is 0 Å². The van der Waals surface area contributed by atoms with Crippen LogP contribution in [0.4, 0.5) is 0 Å². The second-order valence-corrected chi connectivity index (χ2v) is 4.76. The topological polar surface area (TPSA) is 4.93 Å². The van der Waals surface area contributed by atoms with Gasteiger partial charge in [-0.2, -0.15) is 0 Å². The molecule has 0 saturated heterocycles. The Morgan fingerprint density at radius 3 is 2.72 bits per heavy atom. The van der Waals surface area contributed by atoms with Crippen molar-refractivity contribution in [1.82, 2.24) is 4.57 Å². The third-order valence-electron chi connectivity index (χ3n) is 3.32. The van der Waals surface area contributed by atoms with E-state index in [4.69, 9.17) is 0 Å². The van der Waals surface area contributed by atoms with E-state index in [9.17, 15) is 0 Å². The van der Waals surface area contributed by atoms with Crippen LogP contribution in [0.5, 0.6) is 0 Å². The van der Waals surface area contributed by atoms with Crippen LogP contribution in [0.1, 0.15) is 44.7 Å². The number of para-hydroxylation sites is 1. The molecule has 0 amide bonds. The number of hydrogen-bond donors (Lipinski definition) is 0. The summed E-state index contributed by atoms with van der Waals surface area (Å²) < 4.78 is 2.17. The highest BCUT2D eigenvalue weighted by Gasteiger charge is 2.01. The minimum Gasteiger partial charge on any atom is -0.337 e. The van der Waals surface area contributed by atoms with Crippen LogP contribution in [0.15, 0.2) is 30.3 Å². The molecule has 0 bridgehead atoms. The molecular formula is C17H21N. The van der Waals surface area contributed by atoms with Gasteiger partial charge in [-0.15, -0.1) is 0 Å². The zero-order valence-corrected chi connectivity index (χ0v) is 11.4. The van der Waals surface area contributed by atoms with Gasteiger partial charge in [0, 0.05) is 24.4 Å². The van der Waals surface area contributed by atoms with Gasteiger partial charge in [-0.05, 0) is 24.5 Å². The first kappa shape index (κ1) is 12.8. The van der Waals surface area contributed by atoms with Crippen LogP contribution in [0.25, 0.3) is 10.9 Å². The quantitative estimate of drug-likeness (QED) is 0.547. The van der Waals surface area contributed by atoms with Gasteiger partial charge >= 0.3 is 0 Å². The van der Waals surface area contributed by atoms with Gasteiger partial charge in [0.05, 0.1) is 5.69 Å². The number of benzene rings is 1. The van der Waals surface area contributed by atoms with Crippen LogP contribution in [-0.2, 0) is 7.05 Å². The fraction of sp³-hybridized carbons (Fsp3) is 0.412. The SMILES string of the molecule is CCCCCCC#Cc1cc2ccccc2n1C. The fourth-order valence-electron chi connectivity index (χ4n) is 2.20. The first-order valence-corrected chi connectivity index (χ1v) is 6.86. The smallest absolute Gasteiger partial charge is 0.0928 e. The van der Waals surface area contributed by atoms with Gasteiger partial charge in [0.25, 0.3) is 0 Å². The Morgan fingerprint density at radius 1 is 1.11 bits per heavy atom. The normalized spacial score (nSPS) is 10.3. The molecule has 2 rings (SSSR count). The maximum Gasteiger partial charge on any atom is 0.0928 e. The largest absolute Gasteiger partial charge is 0.337 e. The first-order chi connectivity index (χ1) is 8.83. The molecule has 1 heterocycles. The number of aryl methyl sites for hydroxylation is 1. The number of aromatic nitrogens is 1. The van der Waals surface area contributed by atoms with Crippen molar-refractivity contribution < 1.29 is 0 Å². The van der Waals surface area contributed by atoms with Crippen LogP contribution >= 0.6 is 0 Å². The van der Waals surface area contributed by atoms with E-state index in [-0.39, 0.29) is 0 Å². The summed E-state index contributed by atoms with van der Waals surface area (Å²) in [6, 6.07) is 10.6. The summed E-state index contributed by atoms with van der Waals surface area (Å²) in [5.41, 5.74) is 2.37. The fourth-order valence-corrected chi connectivity index (χ4v) is 2.20. The summed E-state index contributed by atoms with van der Waals surface area (Å²) in [5, 5.41) is 1.27. The zero-order valence-electron chi connectivity index (χ0n) is 11.4. The number of nitrogens with zero attached hydrogens (tertiary/aromatic N) is 1. The first-order valence-electron chi connectivity index (χ1n) is 6.86. The van der Waals surface area contributed by atoms with Crippen molar-refractivity contribution in [3.63, 3.8) is 0 Å². The lowest BCUT2D eigenvalue weighted by Crippen LogP contribution is -1.90. The van der Waals surface area contributed by atoms with E-state index < -0.39 is 0 Å². The Labute approximate surface area is 110 Å². The molecule has 94 valence electrons. The highest BCUT2D eigenvalue weighted by atomic mass is 14.9. The molecule has 2 aromatic rings. The second kappa shape index (κ2) is 6.31. The van der Waals surface area contributed by atoms with Gasteiger partial charge in [0.1, 0.15) is 0 Å². The molecule has 0 fully saturated rings. The standard InChI is InChI=1S/C17H21N/c1-3-4-5-6-7-8-12-16-14-15-11-9-10-13-17(15)18(16)2/h9-11,13-14H,3-7H2,1-2H3. The van der Waals surface area contributed by atoms with Crippen LogP contribution in [-0.4, -0.2) is 4.57 Å². The molecule has 0 radical (unpaired) electrons. The maximum absolute atomic E-state index is 3.29. The van der Waals surface area contributed by atoms with Crippen LogP contribution in [0.3, 0.4) is 0 Å². The number of rotatable bonds is 4. The van der Waals surface area contributed by atoms with Crippen LogP contribution in [0.2, 0.25) is 0 Å². The van der Waals surface area contributed by atoms with Gasteiger partial charge in [0.2, 0.25) is 0 Å². The molecule has 1 heteroatoms. The molecule has 0 aliphatic rings. The Balaban J connectivity index is 2.03. The highest BCUT2D eigenvalue weighted by Crippen LogP contribution is 2.17. The minimum absolute atomic E-state index is 1.02. The number of fused-ring (bicyclic) bond motifs is 1. The molecule has 18 heavy (non-hydrogen) atoms. The Kier molecular flexibility index (Phi) is 4.47. The van der Waals surface area contributed by atoms with Crippen molar-refractivity contribution in [2.24, 2.45) is 7.05 Å². The van der Waals surface area contributed by atoms with Crippen molar-refractivity contribution in [3.05, 3.63) is 36.0 Å². The molecule has 0 aliphatic carbocycles. The maximum atomic E-state index is 3.29. The van der Waals surface area contributed by atoms with E-state index in [1.54, 1.807) is 0 Å². The van der Waals surface area contributed by atoms with E-state index in [0.717, 1.165) is 12.1 Å². The van der Waals surface area contributed by atoms with Gasteiger partial charge in [-0.25, -0.2) is 0 Å². The summed E-state index contributed by atoms with van der Waals surface area (Å²) in [6.07, 6.45) is 6.17. The molecule has 0 N–H and O–H groups in total. The summed E-state index contributed by atoms with van der Waals surface area (Å²) in [4.78, 5) is 0. The Bertz CT molecular complexity index is 566. The highest BCUT2D eigenvalue weighted by molar-refractivity contribution is 5.82. The van der Waals surface area contributed by atoms with Crippen molar-refractivity contribution in [2.45, 2.75) is 39.0 Å². The average molecular weight is 239 g/mol. The minimum atomic E-state index is 1.02. The molecule has 0 saturated carbocycles. The van der Waals surface area contributed by atoms with E-state index in [0.29, 0.717) is 0 Å². The Morgan fingerprint density at radius 2 is 1.94 bits per heavy atom. The second-order valence-electron chi connectivity index (χ2n) is 4.76. The zero-order chi connectivity index (χ0) is 12.8. The molecule has 0 atom stereocenters. The average Bonchev–Trinajstić information content (AvgIpc) is 2.71. The molecule has 1 aromatic carbocycles. The number of unbranched alkanes of at least 4 members (excludes halogenated alkanes) is 4. The van der Waals surface area contributed by atoms with Crippen molar-refractivity contribution in [1.29, 1.82) is 0 Å². The summed E-state index contributed by atoms with van der Waals surface area (Å²) in [7, 11) is 2.09. The molecule has 1 nitrogen and oxygen atoms in total. The van der Waals surface area contributed by atoms with Crippen molar-refractivity contribution in [3.8, 4) is 11.8 Å². The van der Waals surface area contributed by atoms with Gasteiger partial charge < -0.3 is 4.57 Å².